The molecule has 134 valence electrons. The largest absolute Gasteiger partial charge is 0.494 e. The number of carbonyl (C=O) groups excluding carboxylic acids is 1. The molecule has 1 aliphatic heterocycles. The van der Waals surface area contributed by atoms with Gasteiger partial charge in [-0.2, -0.15) is 0 Å². The van der Waals surface area contributed by atoms with Crippen molar-refractivity contribution in [2.75, 3.05) is 26.2 Å². The molecule has 0 radical (unpaired) electrons. The maximum absolute atomic E-state index is 12.4. The third-order valence-electron chi connectivity index (χ3n) is 4.54. The van der Waals surface area contributed by atoms with Crippen molar-refractivity contribution >= 4 is 17.2 Å². The van der Waals surface area contributed by atoms with E-state index >= 15 is 0 Å². The number of hydrogen-bond acceptors (Lipinski definition) is 4. The number of hydrogen-bond donors (Lipinski definition) is 1. The van der Waals surface area contributed by atoms with Crippen LogP contribution in [0.1, 0.15) is 36.2 Å². The predicted octanol–water partition coefficient (Wildman–Crippen LogP) is 3.64. The molecule has 2 aromatic rings. The van der Waals surface area contributed by atoms with E-state index in [4.69, 9.17) is 4.74 Å². The lowest BCUT2D eigenvalue weighted by molar-refractivity contribution is -0.120. The van der Waals surface area contributed by atoms with Gasteiger partial charge in [-0.15, -0.1) is 11.3 Å². The molecule has 4 nitrogen and oxygen atoms in total. The molecule has 0 bridgehead atoms. The second kappa shape index (κ2) is 9.02. The van der Waals surface area contributed by atoms with Crippen molar-refractivity contribution in [1.82, 2.24) is 10.2 Å². The Morgan fingerprint density at radius 3 is 2.64 bits per heavy atom. The van der Waals surface area contributed by atoms with Gasteiger partial charge in [-0.25, -0.2) is 0 Å². The number of thiophene rings is 1. The average molecular weight is 359 g/mol. The van der Waals surface area contributed by atoms with Crippen molar-refractivity contribution in [3.05, 3.63) is 52.2 Å². The molecule has 1 aliphatic rings. The Labute approximate surface area is 153 Å². The highest BCUT2D eigenvalue weighted by atomic mass is 32.1. The molecule has 2 heterocycles. The Bertz CT molecular complexity index is 649. The van der Waals surface area contributed by atoms with Gasteiger partial charge in [0.15, 0.2) is 0 Å². The van der Waals surface area contributed by atoms with E-state index < -0.39 is 0 Å². The third-order valence-corrected chi connectivity index (χ3v) is 5.52. The van der Waals surface area contributed by atoms with E-state index in [1.807, 2.05) is 31.2 Å². The van der Waals surface area contributed by atoms with Gasteiger partial charge in [0.25, 0.3) is 0 Å². The van der Waals surface area contributed by atoms with Gasteiger partial charge in [-0.05, 0) is 62.0 Å². The monoisotopic (exact) mass is 358 g/mol. The number of amides is 1. The highest BCUT2D eigenvalue weighted by Gasteiger charge is 2.24. The minimum absolute atomic E-state index is 0.0740. The Morgan fingerprint density at radius 1 is 1.24 bits per heavy atom. The Balaban J connectivity index is 1.54. The van der Waals surface area contributed by atoms with Gasteiger partial charge in [0.2, 0.25) is 5.91 Å². The molecular weight excluding hydrogens is 332 g/mol. The summed E-state index contributed by atoms with van der Waals surface area (Å²) in [6, 6.07) is 12.3. The molecule has 1 N–H and O–H groups in total. The highest BCUT2D eigenvalue weighted by Crippen LogP contribution is 2.27. The minimum Gasteiger partial charge on any atom is -0.494 e. The molecule has 5 heteroatoms. The van der Waals surface area contributed by atoms with Crippen molar-refractivity contribution in [1.29, 1.82) is 0 Å². The second-order valence-electron chi connectivity index (χ2n) is 6.33. The van der Waals surface area contributed by atoms with Crippen LogP contribution in [-0.2, 0) is 11.2 Å². The van der Waals surface area contributed by atoms with Gasteiger partial charge in [-0.3, -0.25) is 9.69 Å². The van der Waals surface area contributed by atoms with Gasteiger partial charge >= 0.3 is 0 Å². The van der Waals surface area contributed by atoms with E-state index in [1.54, 1.807) is 11.3 Å². The molecule has 25 heavy (non-hydrogen) atoms. The lowest BCUT2D eigenvalue weighted by atomic mass is 10.1. The van der Waals surface area contributed by atoms with Crippen LogP contribution in [0.4, 0.5) is 0 Å². The van der Waals surface area contributed by atoms with Crippen LogP contribution in [0.15, 0.2) is 41.8 Å². The number of ether oxygens (including phenoxy) is 1. The molecule has 3 rings (SSSR count). The van der Waals surface area contributed by atoms with Crippen LogP contribution in [0.2, 0.25) is 0 Å². The van der Waals surface area contributed by atoms with Crippen molar-refractivity contribution < 1.29 is 9.53 Å². The summed E-state index contributed by atoms with van der Waals surface area (Å²) in [5.74, 6) is 0.920. The highest BCUT2D eigenvalue weighted by molar-refractivity contribution is 7.10. The van der Waals surface area contributed by atoms with Gasteiger partial charge in [-0.1, -0.05) is 18.2 Å². The molecule has 1 aromatic heterocycles. The standard InChI is InChI=1S/C20H26N2O2S/c1-2-24-17-9-7-16(8-10-17)14-20(23)21-15-18(19-6-5-13-25-19)22-11-3-4-12-22/h5-10,13,18H,2-4,11-12,14-15H2,1H3,(H,21,23). The maximum Gasteiger partial charge on any atom is 0.224 e. The fourth-order valence-electron chi connectivity index (χ4n) is 3.27. The summed E-state index contributed by atoms with van der Waals surface area (Å²) in [6.07, 6.45) is 2.91. The van der Waals surface area contributed by atoms with E-state index in [9.17, 15) is 4.79 Å². The normalized spacial score (nSPS) is 15.9. The first-order chi connectivity index (χ1) is 12.3. The molecule has 1 atom stereocenters. The van der Waals surface area contributed by atoms with Crippen molar-refractivity contribution in [2.24, 2.45) is 0 Å². The van der Waals surface area contributed by atoms with Crippen LogP contribution in [0.25, 0.3) is 0 Å². The first-order valence-electron chi connectivity index (χ1n) is 9.02. The summed E-state index contributed by atoms with van der Waals surface area (Å²) in [7, 11) is 0. The van der Waals surface area contributed by atoms with Crippen molar-refractivity contribution in [2.45, 2.75) is 32.2 Å². The summed E-state index contributed by atoms with van der Waals surface area (Å²) >= 11 is 1.77. The fourth-order valence-corrected chi connectivity index (χ4v) is 4.13. The Kier molecular flexibility index (Phi) is 6.48. The molecule has 1 aromatic carbocycles. The first-order valence-corrected chi connectivity index (χ1v) is 9.90. The summed E-state index contributed by atoms with van der Waals surface area (Å²) in [5, 5.41) is 5.24. The molecule has 0 saturated carbocycles. The van der Waals surface area contributed by atoms with Gasteiger partial charge in [0.05, 0.1) is 19.1 Å². The second-order valence-corrected chi connectivity index (χ2v) is 7.31. The van der Waals surface area contributed by atoms with Crippen molar-refractivity contribution in [3.63, 3.8) is 0 Å². The van der Waals surface area contributed by atoms with E-state index in [1.165, 1.54) is 17.7 Å². The number of carbonyl (C=O) groups is 1. The zero-order chi connectivity index (χ0) is 17.5. The summed E-state index contributed by atoms with van der Waals surface area (Å²) in [4.78, 5) is 16.2. The van der Waals surface area contributed by atoms with E-state index in [0.717, 1.165) is 24.4 Å². The summed E-state index contributed by atoms with van der Waals surface area (Å²) in [6.45, 7) is 5.54. The van der Waals surface area contributed by atoms with Crippen LogP contribution in [-0.4, -0.2) is 37.0 Å². The molecule has 1 saturated heterocycles. The number of nitrogens with one attached hydrogen (secondary N) is 1. The van der Waals surface area contributed by atoms with E-state index in [0.29, 0.717) is 25.6 Å². The number of nitrogens with zero attached hydrogens (tertiary/aromatic N) is 1. The van der Waals surface area contributed by atoms with Crippen LogP contribution < -0.4 is 10.1 Å². The smallest absolute Gasteiger partial charge is 0.224 e. The minimum atomic E-state index is 0.0740. The molecule has 1 amide bonds. The average Bonchev–Trinajstić information content (AvgIpc) is 3.31. The predicted molar refractivity (Wildman–Crippen MR) is 102 cm³/mol. The zero-order valence-corrected chi connectivity index (χ0v) is 15.6. The van der Waals surface area contributed by atoms with Crippen molar-refractivity contribution in [3.8, 4) is 5.75 Å². The fraction of sp³-hybridized carbons (Fsp3) is 0.450. The van der Waals surface area contributed by atoms with Gasteiger partial charge in [0, 0.05) is 11.4 Å². The summed E-state index contributed by atoms with van der Waals surface area (Å²) < 4.78 is 5.44. The Hall–Kier alpha value is -1.85. The van der Waals surface area contributed by atoms with Gasteiger partial charge < -0.3 is 10.1 Å². The molecule has 1 unspecified atom stereocenters. The Morgan fingerprint density at radius 2 is 2.00 bits per heavy atom. The lowest BCUT2D eigenvalue weighted by Crippen LogP contribution is -2.37. The van der Waals surface area contributed by atoms with Crippen LogP contribution in [0.5, 0.6) is 5.75 Å². The van der Waals surface area contributed by atoms with Crippen LogP contribution in [0.3, 0.4) is 0 Å². The van der Waals surface area contributed by atoms with Crippen LogP contribution >= 0.6 is 11.3 Å². The van der Waals surface area contributed by atoms with Crippen LogP contribution in [0, 0.1) is 0 Å². The number of benzene rings is 1. The number of likely N-dealkylation sites (tertiary alicyclic amines) is 1. The van der Waals surface area contributed by atoms with E-state index in [-0.39, 0.29) is 5.91 Å². The van der Waals surface area contributed by atoms with E-state index in [2.05, 4.69) is 27.7 Å². The quantitative estimate of drug-likeness (QED) is 0.783. The zero-order valence-electron chi connectivity index (χ0n) is 14.7. The lowest BCUT2D eigenvalue weighted by Gasteiger charge is -2.27. The van der Waals surface area contributed by atoms with Gasteiger partial charge in [0.1, 0.15) is 5.75 Å². The molecule has 0 spiro atoms. The molecule has 1 fully saturated rings. The molecule has 0 aliphatic carbocycles. The summed E-state index contributed by atoms with van der Waals surface area (Å²) in [5.41, 5.74) is 1.01. The third kappa shape index (κ3) is 5.06. The maximum atomic E-state index is 12.4. The first kappa shape index (κ1) is 18.0. The topological polar surface area (TPSA) is 41.6 Å². The number of rotatable bonds is 8. The SMILES string of the molecule is CCOc1ccc(CC(=O)NCC(c2cccs2)N2CCCC2)cc1. The molecular formula is C20H26N2O2S.